The summed E-state index contributed by atoms with van der Waals surface area (Å²) in [5.41, 5.74) is 1.36. The summed E-state index contributed by atoms with van der Waals surface area (Å²) in [4.78, 5) is 0. The standard InChI is InChI=1S/C12H20N2/c1-4-12(10-5-6-10)14-8-11(7-13-14)9(2)3/h7-10,12H,4-6H2,1-3H3. The molecule has 0 N–H and O–H groups in total. The van der Waals surface area contributed by atoms with E-state index in [0.717, 1.165) is 5.92 Å². The molecule has 2 nitrogen and oxygen atoms in total. The van der Waals surface area contributed by atoms with Crippen LogP contribution in [-0.2, 0) is 0 Å². The Morgan fingerprint density at radius 3 is 2.64 bits per heavy atom. The largest absolute Gasteiger partial charge is 0.269 e. The summed E-state index contributed by atoms with van der Waals surface area (Å²) in [5, 5.41) is 4.49. The van der Waals surface area contributed by atoms with Gasteiger partial charge in [0.25, 0.3) is 0 Å². The topological polar surface area (TPSA) is 17.8 Å². The lowest BCUT2D eigenvalue weighted by atomic mass is 10.1. The van der Waals surface area contributed by atoms with E-state index >= 15 is 0 Å². The third kappa shape index (κ3) is 1.84. The lowest BCUT2D eigenvalue weighted by Crippen LogP contribution is -2.10. The molecule has 2 heteroatoms. The van der Waals surface area contributed by atoms with Crippen molar-refractivity contribution in [3.05, 3.63) is 18.0 Å². The molecule has 1 unspecified atom stereocenters. The molecule has 1 aromatic rings. The molecule has 0 amide bonds. The lowest BCUT2D eigenvalue weighted by Gasteiger charge is -2.14. The van der Waals surface area contributed by atoms with Gasteiger partial charge in [0, 0.05) is 6.20 Å². The average Bonchev–Trinajstić information content (AvgIpc) is 2.84. The van der Waals surface area contributed by atoms with Crippen LogP contribution in [-0.4, -0.2) is 9.78 Å². The molecule has 1 aliphatic carbocycles. The Balaban J connectivity index is 2.13. The smallest absolute Gasteiger partial charge is 0.0544 e. The summed E-state index contributed by atoms with van der Waals surface area (Å²) in [6, 6.07) is 0.655. The fraction of sp³-hybridized carbons (Fsp3) is 0.750. The highest BCUT2D eigenvalue weighted by atomic mass is 15.3. The van der Waals surface area contributed by atoms with Gasteiger partial charge in [-0.3, -0.25) is 4.68 Å². The summed E-state index contributed by atoms with van der Waals surface area (Å²) in [6.07, 6.45) is 8.27. The molecule has 0 saturated heterocycles. The van der Waals surface area contributed by atoms with Crippen molar-refractivity contribution in [2.75, 3.05) is 0 Å². The van der Waals surface area contributed by atoms with E-state index in [1.165, 1.54) is 24.8 Å². The van der Waals surface area contributed by atoms with E-state index in [9.17, 15) is 0 Å². The maximum absolute atomic E-state index is 4.49. The molecule has 0 radical (unpaired) electrons. The Hall–Kier alpha value is -0.790. The summed E-state index contributed by atoms with van der Waals surface area (Å²) in [7, 11) is 0. The first kappa shape index (κ1) is 9.75. The first-order valence-electron chi connectivity index (χ1n) is 5.76. The van der Waals surface area contributed by atoms with Crippen molar-refractivity contribution < 1.29 is 0 Å². The summed E-state index contributed by atoms with van der Waals surface area (Å²) < 4.78 is 2.19. The Kier molecular flexibility index (Phi) is 2.62. The molecular formula is C12H20N2. The van der Waals surface area contributed by atoms with Gasteiger partial charge in [0.05, 0.1) is 12.2 Å². The van der Waals surface area contributed by atoms with Gasteiger partial charge in [0.15, 0.2) is 0 Å². The van der Waals surface area contributed by atoms with E-state index in [0.29, 0.717) is 12.0 Å². The Morgan fingerprint density at radius 1 is 1.50 bits per heavy atom. The Bertz CT molecular complexity index is 297. The molecule has 1 heterocycles. The van der Waals surface area contributed by atoms with Crippen LogP contribution >= 0.6 is 0 Å². The number of aromatic nitrogens is 2. The maximum atomic E-state index is 4.49. The van der Waals surface area contributed by atoms with E-state index < -0.39 is 0 Å². The maximum Gasteiger partial charge on any atom is 0.0544 e. The first-order chi connectivity index (χ1) is 6.72. The zero-order valence-corrected chi connectivity index (χ0v) is 9.40. The molecule has 1 aromatic heterocycles. The van der Waals surface area contributed by atoms with Crippen LogP contribution in [0.1, 0.15) is 57.6 Å². The summed E-state index contributed by atoms with van der Waals surface area (Å²) in [6.45, 7) is 6.71. The van der Waals surface area contributed by atoms with Crippen molar-refractivity contribution >= 4 is 0 Å². The zero-order chi connectivity index (χ0) is 10.1. The highest BCUT2D eigenvalue weighted by Crippen LogP contribution is 2.41. The molecule has 2 rings (SSSR count). The van der Waals surface area contributed by atoms with Crippen LogP contribution in [0.4, 0.5) is 0 Å². The highest BCUT2D eigenvalue weighted by Gasteiger charge is 2.31. The molecule has 14 heavy (non-hydrogen) atoms. The molecule has 0 aliphatic heterocycles. The Labute approximate surface area is 86.3 Å². The molecule has 1 atom stereocenters. The van der Waals surface area contributed by atoms with Crippen molar-refractivity contribution in [3.8, 4) is 0 Å². The predicted octanol–water partition coefficient (Wildman–Crippen LogP) is 3.37. The summed E-state index contributed by atoms with van der Waals surface area (Å²) >= 11 is 0. The van der Waals surface area contributed by atoms with Gasteiger partial charge < -0.3 is 0 Å². The van der Waals surface area contributed by atoms with Gasteiger partial charge in [-0.15, -0.1) is 0 Å². The molecule has 1 aliphatic rings. The third-order valence-electron chi connectivity index (χ3n) is 3.21. The molecule has 78 valence electrons. The van der Waals surface area contributed by atoms with Crippen molar-refractivity contribution in [3.63, 3.8) is 0 Å². The molecular weight excluding hydrogens is 172 g/mol. The molecule has 0 bridgehead atoms. The van der Waals surface area contributed by atoms with Crippen LogP contribution in [0.15, 0.2) is 12.4 Å². The van der Waals surface area contributed by atoms with E-state index in [1.54, 1.807) is 0 Å². The summed E-state index contributed by atoms with van der Waals surface area (Å²) in [5.74, 6) is 1.50. The molecule has 0 spiro atoms. The van der Waals surface area contributed by atoms with Gasteiger partial charge in [-0.1, -0.05) is 20.8 Å². The van der Waals surface area contributed by atoms with E-state index in [4.69, 9.17) is 0 Å². The van der Waals surface area contributed by atoms with Gasteiger partial charge in [0.2, 0.25) is 0 Å². The fourth-order valence-electron chi connectivity index (χ4n) is 2.05. The predicted molar refractivity (Wildman–Crippen MR) is 58.4 cm³/mol. The van der Waals surface area contributed by atoms with Crippen LogP contribution in [0.5, 0.6) is 0 Å². The van der Waals surface area contributed by atoms with Crippen LogP contribution in [0.2, 0.25) is 0 Å². The molecule has 1 saturated carbocycles. The zero-order valence-electron chi connectivity index (χ0n) is 9.40. The van der Waals surface area contributed by atoms with E-state index in [1.807, 2.05) is 6.20 Å². The minimum atomic E-state index is 0.598. The van der Waals surface area contributed by atoms with Crippen molar-refractivity contribution in [1.82, 2.24) is 9.78 Å². The first-order valence-corrected chi connectivity index (χ1v) is 5.76. The van der Waals surface area contributed by atoms with E-state index in [-0.39, 0.29) is 0 Å². The number of nitrogens with zero attached hydrogens (tertiary/aromatic N) is 2. The minimum absolute atomic E-state index is 0.598. The second kappa shape index (κ2) is 3.76. The normalized spacial score (nSPS) is 18.9. The fourth-order valence-corrected chi connectivity index (χ4v) is 2.05. The van der Waals surface area contributed by atoms with Crippen LogP contribution in [0.25, 0.3) is 0 Å². The van der Waals surface area contributed by atoms with Gasteiger partial charge in [0.1, 0.15) is 0 Å². The SMILES string of the molecule is CCC(C1CC1)n1cc(C(C)C)cn1. The lowest BCUT2D eigenvalue weighted by molar-refractivity contribution is 0.393. The van der Waals surface area contributed by atoms with Crippen LogP contribution < -0.4 is 0 Å². The molecule has 1 fully saturated rings. The minimum Gasteiger partial charge on any atom is -0.269 e. The van der Waals surface area contributed by atoms with Crippen molar-refractivity contribution in [2.24, 2.45) is 5.92 Å². The van der Waals surface area contributed by atoms with Gasteiger partial charge in [-0.25, -0.2) is 0 Å². The van der Waals surface area contributed by atoms with Crippen LogP contribution in [0, 0.1) is 5.92 Å². The number of hydrogen-bond donors (Lipinski definition) is 0. The van der Waals surface area contributed by atoms with Crippen LogP contribution in [0.3, 0.4) is 0 Å². The second-order valence-corrected chi connectivity index (χ2v) is 4.72. The van der Waals surface area contributed by atoms with Gasteiger partial charge >= 0.3 is 0 Å². The van der Waals surface area contributed by atoms with Crippen molar-refractivity contribution in [2.45, 2.75) is 52.0 Å². The third-order valence-corrected chi connectivity index (χ3v) is 3.21. The average molecular weight is 192 g/mol. The quantitative estimate of drug-likeness (QED) is 0.715. The van der Waals surface area contributed by atoms with Gasteiger partial charge in [-0.05, 0) is 36.7 Å². The number of rotatable bonds is 4. The number of hydrogen-bond acceptors (Lipinski definition) is 1. The Morgan fingerprint density at radius 2 is 2.21 bits per heavy atom. The van der Waals surface area contributed by atoms with Crippen molar-refractivity contribution in [1.29, 1.82) is 0 Å². The highest BCUT2D eigenvalue weighted by molar-refractivity contribution is 5.09. The van der Waals surface area contributed by atoms with E-state index in [2.05, 4.69) is 36.7 Å². The molecule has 0 aromatic carbocycles. The monoisotopic (exact) mass is 192 g/mol. The second-order valence-electron chi connectivity index (χ2n) is 4.72. The van der Waals surface area contributed by atoms with Gasteiger partial charge in [-0.2, -0.15) is 5.10 Å².